The smallest absolute Gasteiger partial charge is 0.298 e. The van der Waals surface area contributed by atoms with E-state index >= 15 is 0 Å². The molecule has 3 aromatic rings. The molecule has 21 heavy (non-hydrogen) atoms. The van der Waals surface area contributed by atoms with Crippen molar-refractivity contribution < 1.29 is 14.4 Å². The van der Waals surface area contributed by atoms with Crippen molar-refractivity contribution in [2.75, 3.05) is 11.9 Å². The number of aliphatic hydroxyl groups excluding tert-OH is 1. The zero-order valence-corrected chi connectivity index (χ0v) is 11.5. The lowest BCUT2D eigenvalue weighted by molar-refractivity contribution is -0.383. The molecule has 0 saturated heterocycles. The van der Waals surface area contributed by atoms with E-state index in [0.717, 1.165) is 5.56 Å². The highest BCUT2D eigenvalue weighted by atomic mass is 32.1. The molecule has 2 heterocycles. The van der Waals surface area contributed by atoms with E-state index in [-0.39, 0.29) is 23.8 Å². The van der Waals surface area contributed by atoms with Crippen LogP contribution in [0.2, 0.25) is 0 Å². The first-order valence-corrected chi connectivity index (χ1v) is 7.07. The predicted molar refractivity (Wildman–Crippen MR) is 78.4 cm³/mol. The number of fused-ring (bicyclic) bond motifs is 1. The highest BCUT2D eigenvalue weighted by Gasteiger charge is 2.18. The third kappa shape index (κ3) is 2.71. The minimum absolute atomic E-state index is 0.109. The Morgan fingerprint density at radius 2 is 2.33 bits per heavy atom. The van der Waals surface area contributed by atoms with Crippen molar-refractivity contribution in [2.24, 2.45) is 0 Å². The summed E-state index contributed by atoms with van der Waals surface area (Å²) in [7, 11) is 0. The van der Waals surface area contributed by atoms with Crippen LogP contribution in [0.3, 0.4) is 0 Å². The summed E-state index contributed by atoms with van der Waals surface area (Å²) < 4.78 is 5.39. The van der Waals surface area contributed by atoms with Crippen LogP contribution in [0.25, 0.3) is 11.1 Å². The number of thiophene rings is 1. The van der Waals surface area contributed by atoms with Gasteiger partial charge in [0.05, 0.1) is 11.0 Å². The third-order valence-electron chi connectivity index (χ3n) is 2.97. The number of nitrogens with one attached hydrogen (secondary N) is 1. The number of para-hydroxylation sites is 1. The summed E-state index contributed by atoms with van der Waals surface area (Å²) in [5.74, 6) is 0. The van der Waals surface area contributed by atoms with Gasteiger partial charge in [0.25, 0.3) is 11.7 Å². The summed E-state index contributed by atoms with van der Waals surface area (Å²) in [6.45, 7) is 0.206. The number of anilines is 1. The number of nitro groups is 1. The summed E-state index contributed by atoms with van der Waals surface area (Å²) in [5.41, 5.74) is 1.21. The lowest BCUT2D eigenvalue weighted by atomic mass is 10.2. The van der Waals surface area contributed by atoms with Crippen molar-refractivity contribution in [3.05, 3.63) is 50.7 Å². The standard InChI is InChI=1S/C13H11N3O4S/c17-10(8-4-5-21-7-8)6-14-13-15-12-9(16(18)19)2-1-3-11(12)20-13/h1-5,7,10,17H,6H2,(H,14,15). The molecule has 0 spiro atoms. The van der Waals surface area contributed by atoms with Crippen LogP contribution in [0, 0.1) is 10.1 Å². The second kappa shape index (κ2) is 5.51. The van der Waals surface area contributed by atoms with Crippen LogP contribution in [-0.4, -0.2) is 21.6 Å². The molecule has 0 radical (unpaired) electrons. The maximum absolute atomic E-state index is 10.9. The van der Waals surface area contributed by atoms with E-state index in [1.807, 2.05) is 16.8 Å². The van der Waals surface area contributed by atoms with Gasteiger partial charge in [-0.1, -0.05) is 6.07 Å². The van der Waals surface area contributed by atoms with Crippen molar-refractivity contribution in [3.63, 3.8) is 0 Å². The fourth-order valence-corrected chi connectivity index (χ4v) is 2.63. The number of nitro benzene ring substituents is 1. The second-order valence-electron chi connectivity index (χ2n) is 4.35. The molecule has 2 aromatic heterocycles. The van der Waals surface area contributed by atoms with Gasteiger partial charge in [-0.05, 0) is 28.5 Å². The van der Waals surface area contributed by atoms with Gasteiger partial charge in [0.15, 0.2) is 11.1 Å². The number of aliphatic hydroxyl groups is 1. The molecular weight excluding hydrogens is 294 g/mol. The number of nitrogens with zero attached hydrogens (tertiary/aromatic N) is 2. The van der Waals surface area contributed by atoms with E-state index in [4.69, 9.17) is 4.42 Å². The number of hydrogen-bond acceptors (Lipinski definition) is 7. The van der Waals surface area contributed by atoms with E-state index in [1.165, 1.54) is 23.5 Å². The van der Waals surface area contributed by atoms with Crippen LogP contribution in [0.15, 0.2) is 39.4 Å². The molecule has 3 rings (SSSR count). The van der Waals surface area contributed by atoms with E-state index in [9.17, 15) is 15.2 Å². The maximum Gasteiger partial charge on any atom is 0.298 e. The molecule has 0 fully saturated rings. The minimum atomic E-state index is -0.693. The van der Waals surface area contributed by atoms with Gasteiger partial charge < -0.3 is 14.8 Å². The number of hydrogen-bond donors (Lipinski definition) is 2. The zero-order valence-electron chi connectivity index (χ0n) is 10.7. The number of non-ortho nitro benzene ring substituents is 1. The predicted octanol–water partition coefficient (Wildman–Crippen LogP) is 2.94. The van der Waals surface area contributed by atoms with Gasteiger partial charge >= 0.3 is 0 Å². The quantitative estimate of drug-likeness (QED) is 0.555. The summed E-state index contributed by atoms with van der Waals surface area (Å²) >= 11 is 1.50. The molecular formula is C13H11N3O4S. The Kier molecular flexibility index (Phi) is 3.55. The maximum atomic E-state index is 10.9. The van der Waals surface area contributed by atoms with Crippen LogP contribution in [0.4, 0.5) is 11.7 Å². The van der Waals surface area contributed by atoms with Crippen molar-refractivity contribution in [1.29, 1.82) is 0 Å². The van der Waals surface area contributed by atoms with Gasteiger partial charge in [0.1, 0.15) is 0 Å². The van der Waals surface area contributed by atoms with Crippen LogP contribution in [-0.2, 0) is 0 Å². The Morgan fingerprint density at radius 1 is 1.48 bits per heavy atom. The van der Waals surface area contributed by atoms with Crippen LogP contribution < -0.4 is 5.32 Å². The van der Waals surface area contributed by atoms with Crippen molar-refractivity contribution >= 4 is 34.1 Å². The molecule has 7 nitrogen and oxygen atoms in total. The Bertz CT molecular complexity index is 769. The normalized spacial score (nSPS) is 12.4. The van der Waals surface area contributed by atoms with E-state index in [0.29, 0.717) is 5.58 Å². The molecule has 1 aromatic carbocycles. The van der Waals surface area contributed by atoms with Gasteiger partial charge in [0.2, 0.25) is 0 Å². The summed E-state index contributed by atoms with van der Waals surface area (Å²) in [6.07, 6.45) is -0.693. The minimum Gasteiger partial charge on any atom is -0.423 e. The fourth-order valence-electron chi connectivity index (χ4n) is 1.92. The van der Waals surface area contributed by atoms with Gasteiger partial charge in [-0.2, -0.15) is 16.3 Å². The zero-order chi connectivity index (χ0) is 14.8. The molecule has 1 unspecified atom stereocenters. The number of aromatic nitrogens is 1. The topological polar surface area (TPSA) is 101 Å². The molecule has 1 atom stereocenters. The molecule has 0 aliphatic carbocycles. The van der Waals surface area contributed by atoms with E-state index < -0.39 is 11.0 Å². The highest BCUT2D eigenvalue weighted by molar-refractivity contribution is 7.07. The van der Waals surface area contributed by atoms with Crippen LogP contribution in [0.5, 0.6) is 0 Å². The molecule has 8 heteroatoms. The van der Waals surface area contributed by atoms with E-state index in [1.54, 1.807) is 6.07 Å². The Morgan fingerprint density at radius 3 is 3.05 bits per heavy atom. The molecule has 0 bridgehead atoms. The largest absolute Gasteiger partial charge is 0.423 e. The van der Waals surface area contributed by atoms with E-state index in [2.05, 4.69) is 10.3 Å². The Labute approximate surface area is 123 Å². The molecule has 108 valence electrons. The van der Waals surface area contributed by atoms with Gasteiger partial charge in [-0.15, -0.1) is 0 Å². The first-order chi connectivity index (χ1) is 10.1. The Balaban J connectivity index is 1.79. The van der Waals surface area contributed by atoms with Crippen LogP contribution in [0.1, 0.15) is 11.7 Å². The highest BCUT2D eigenvalue weighted by Crippen LogP contribution is 2.27. The first kappa shape index (κ1) is 13.5. The first-order valence-electron chi connectivity index (χ1n) is 6.13. The van der Waals surface area contributed by atoms with Crippen LogP contribution >= 0.6 is 11.3 Å². The van der Waals surface area contributed by atoms with Gasteiger partial charge in [0, 0.05) is 12.6 Å². The third-order valence-corrected chi connectivity index (χ3v) is 3.67. The molecule has 0 aliphatic rings. The Hall–Kier alpha value is -2.45. The number of rotatable bonds is 5. The monoisotopic (exact) mass is 305 g/mol. The lowest BCUT2D eigenvalue weighted by Gasteiger charge is -2.08. The summed E-state index contributed by atoms with van der Waals surface area (Å²) in [4.78, 5) is 14.5. The van der Waals surface area contributed by atoms with Crippen molar-refractivity contribution in [2.45, 2.75) is 6.10 Å². The average molecular weight is 305 g/mol. The number of oxazole rings is 1. The average Bonchev–Trinajstić information content (AvgIpc) is 3.12. The van der Waals surface area contributed by atoms with Gasteiger partial charge in [-0.25, -0.2) is 0 Å². The molecule has 0 saturated carbocycles. The molecule has 0 aliphatic heterocycles. The SMILES string of the molecule is O=[N+]([O-])c1cccc2oc(NCC(O)c3ccsc3)nc12. The lowest BCUT2D eigenvalue weighted by Crippen LogP contribution is -2.11. The summed E-state index contributed by atoms with van der Waals surface area (Å²) in [5, 5.41) is 27.4. The molecule has 2 N–H and O–H groups in total. The second-order valence-corrected chi connectivity index (χ2v) is 5.13. The van der Waals surface area contributed by atoms with Gasteiger partial charge in [-0.3, -0.25) is 10.1 Å². The van der Waals surface area contributed by atoms with Crippen molar-refractivity contribution in [3.8, 4) is 0 Å². The summed E-state index contributed by atoms with van der Waals surface area (Å²) in [6, 6.07) is 6.49. The number of benzene rings is 1. The van der Waals surface area contributed by atoms with Crippen molar-refractivity contribution in [1.82, 2.24) is 4.98 Å². The fraction of sp³-hybridized carbons (Fsp3) is 0.154. The molecule has 0 amide bonds.